The third-order valence-corrected chi connectivity index (χ3v) is 3.23. The van der Waals surface area contributed by atoms with E-state index >= 15 is 0 Å². The minimum absolute atomic E-state index is 0.687. The topological polar surface area (TPSA) is 24.9 Å². The highest BCUT2D eigenvalue weighted by Gasteiger charge is 2.02. The zero-order valence-corrected chi connectivity index (χ0v) is 12.9. The van der Waals surface area contributed by atoms with Crippen LogP contribution in [0.1, 0.15) is 32.0 Å². The summed E-state index contributed by atoms with van der Waals surface area (Å²) >= 11 is 0. The van der Waals surface area contributed by atoms with Crippen molar-refractivity contribution in [3.63, 3.8) is 0 Å². The molecule has 0 radical (unpaired) electrons. The zero-order valence-electron chi connectivity index (χ0n) is 12.9. The van der Waals surface area contributed by atoms with E-state index in [1.54, 1.807) is 0 Å². The first-order valence-corrected chi connectivity index (χ1v) is 7.30. The van der Waals surface area contributed by atoms with Crippen molar-refractivity contribution in [2.75, 3.05) is 13.1 Å². The molecule has 20 heavy (non-hydrogen) atoms. The van der Waals surface area contributed by atoms with Crippen LogP contribution in [0.3, 0.4) is 0 Å². The second kappa shape index (κ2) is 6.67. The molecule has 0 saturated carbocycles. The van der Waals surface area contributed by atoms with Crippen LogP contribution in [0.2, 0.25) is 0 Å². The first kappa shape index (κ1) is 14.7. The number of pyridine rings is 1. The normalized spacial score (nSPS) is 12.3. The number of aryl methyl sites for hydroxylation is 1. The summed E-state index contributed by atoms with van der Waals surface area (Å²) in [5.41, 5.74) is 4.75. The lowest BCUT2D eigenvalue weighted by molar-refractivity contribution is 0.572. The molecule has 0 aliphatic heterocycles. The lowest BCUT2D eigenvalue weighted by atomic mass is 10.1. The van der Waals surface area contributed by atoms with E-state index in [0.29, 0.717) is 5.92 Å². The fourth-order valence-corrected chi connectivity index (χ4v) is 2.33. The second-order valence-corrected chi connectivity index (χ2v) is 5.89. The van der Waals surface area contributed by atoms with Gasteiger partial charge in [-0.25, -0.2) is 0 Å². The van der Waals surface area contributed by atoms with Gasteiger partial charge in [-0.15, -0.1) is 0 Å². The maximum Gasteiger partial charge on any atom is 0.0711 e. The summed E-state index contributed by atoms with van der Waals surface area (Å²) in [6.07, 6.45) is 2.27. The highest BCUT2D eigenvalue weighted by Crippen LogP contribution is 2.20. The van der Waals surface area contributed by atoms with Crippen LogP contribution >= 0.6 is 0 Å². The van der Waals surface area contributed by atoms with Gasteiger partial charge >= 0.3 is 0 Å². The molecule has 0 amide bonds. The maximum atomic E-state index is 4.58. The van der Waals surface area contributed by atoms with E-state index in [-0.39, 0.29) is 0 Å². The lowest BCUT2D eigenvalue weighted by Crippen LogP contribution is -2.21. The summed E-state index contributed by atoms with van der Waals surface area (Å²) in [6.45, 7) is 10.7. The number of aromatic nitrogens is 1. The molecular formula is C18H24N2. The summed E-state index contributed by atoms with van der Waals surface area (Å²) in [5.74, 6) is 0.687. The number of benzene rings is 1. The molecule has 2 rings (SSSR count). The predicted molar refractivity (Wildman–Crippen MR) is 87.8 cm³/mol. The summed E-state index contributed by atoms with van der Waals surface area (Å²) in [7, 11) is 0. The van der Waals surface area contributed by atoms with E-state index in [4.69, 9.17) is 0 Å². The summed E-state index contributed by atoms with van der Waals surface area (Å²) in [4.78, 5) is 4.58. The van der Waals surface area contributed by atoms with Crippen molar-refractivity contribution < 1.29 is 0 Å². The fraction of sp³-hybridized carbons (Fsp3) is 0.389. The third-order valence-electron chi connectivity index (χ3n) is 3.23. The van der Waals surface area contributed by atoms with Crippen LogP contribution in [0.4, 0.5) is 0 Å². The molecule has 0 bridgehead atoms. The van der Waals surface area contributed by atoms with Crippen LogP contribution in [0.15, 0.2) is 35.9 Å². The van der Waals surface area contributed by atoms with Crippen molar-refractivity contribution in [1.29, 1.82) is 0 Å². The Morgan fingerprint density at radius 1 is 1.30 bits per heavy atom. The van der Waals surface area contributed by atoms with Gasteiger partial charge in [-0.2, -0.15) is 0 Å². The minimum Gasteiger partial charge on any atom is -0.313 e. The zero-order chi connectivity index (χ0) is 14.5. The highest BCUT2D eigenvalue weighted by molar-refractivity contribution is 5.88. The van der Waals surface area contributed by atoms with Gasteiger partial charge in [0.2, 0.25) is 0 Å². The Bertz CT molecular complexity index is 612. The first-order chi connectivity index (χ1) is 9.56. The Hall–Kier alpha value is -1.67. The van der Waals surface area contributed by atoms with Crippen LogP contribution in [0, 0.1) is 12.8 Å². The molecule has 0 unspecified atom stereocenters. The van der Waals surface area contributed by atoms with Crippen LogP contribution < -0.4 is 5.32 Å². The Kier molecular flexibility index (Phi) is 4.91. The SMILES string of the molecule is CC(=Cc1cc(C)nc2ccccc12)CNCC(C)C. The Balaban J connectivity index is 2.23. The van der Waals surface area contributed by atoms with Gasteiger partial charge < -0.3 is 5.32 Å². The smallest absolute Gasteiger partial charge is 0.0711 e. The van der Waals surface area contributed by atoms with E-state index < -0.39 is 0 Å². The Morgan fingerprint density at radius 3 is 2.80 bits per heavy atom. The number of fused-ring (bicyclic) bond motifs is 1. The van der Waals surface area contributed by atoms with Crippen LogP contribution in [-0.4, -0.2) is 18.1 Å². The molecule has 2 heteroatoms. The molecule has 1 N–H and O–H groups in total. The molecule has 106 valence electrons. The maximum absolute atomic E-state index is 4.58. The molecule has 0 fully saturated rings. The van der Waals surface area contributed by atoms with Crippen LogP contribution in [-0.2, 0) is 0 Å². The molecule has 1 heterocycles. The van der Waals surface area contributed by atoms with E-state index in [1.165, 1.54) is 16.5 Å². The highest BCUT2D eigenvalue weighted by atomic mass is 14.8. The van der Waals surface area contributed by atoms with Gasteiger partial charge in [0.1, 0.15) is 0 Å². The van der Waals surface area contributed by atoms with Crippen LogP contribution in [0.25, 0.3) is 17.0 Å². The standard InChI is InChI=1S/C18H24N2/c1-13(2)11-19-12-14(3)9-16-10-15(4)20-18-8-6-5-7-17(16)18/h5-10,13,19H,11-12H2,1-4H3. The van der Waals surface area contributed by atoms with Gasteiger partial charge in [0.05, 0.1) is 5.52 Å². The molecule has 2 aromatic rings. The van der Waals surface area contributed by atoms with Crippen molar-refractivity contribution in [1.82, 2.24) is 10.3 Å². The monoisotopic (exact) mass is 268 g/mol. The van der Waals surface area contributed by atoms with E-state index in [2.05, 4.69) is 68.3 Å². The average molecular weight is 268 g/mol. The molecule has 0 spiro atoms. The van der Waals surface area contributed by atoms with Gasteiger partial charge in [0, 0.05) is 17.6 Å². The van der Waals surface area contributed by atoms with Gasteiger partial charge in [0.15, 0.2) is 0 Å². The quantitative estimate of drug-likeness (QED) is 0.879. The molecule has 0 aliphatic rings. The van der Waals surface area contributed by atoms with Crippen molar-refractivity contribution in [2.45, 2.75) is 27.7 Å². The minimum atomic E-state index is 0.687. The molecule has 0 aliphatic carbocycles. The number of para-hydroxylation sites is 1. The van der Waals surface area contributed by atoms with Crippen LogP contribution in [0.5, 0.6) is 0 Å². The molecule has 1 aromatic heterocycles. The van der Waals surface area contributed by atoms with Crippen molar-refractivity contribution in [3.05, 3.63) is 47.2 Å². The fourth-order valence-electron chi connectivity index (χ4n) is 2.33. The van der Waals surface area contributed by atoms with Crippen molar-refractivity contribution in [2.24, 2.45) is 5.92 Å². The van der Waals surface area contributed by atoms with Gasteiger partial charge in [-0.1, -0.05) is 43.7 Å². The third kappa shape index (κ3) is 3.91. The van der Waals surface area contributed by atoms with Gasteiger partial charge in [0.25, 0.3) is 0 Å². The van der Waals surface area contributed by atoms with Gasteiger partial charge in [-0.3, -0.25) is 4.98 Å². The Morgan fingerprint density at radius 2 is 2.05 bits per heavy atom. The first-order valence-electron chi connectivity index (χ1n) is 7.30. The summed E-state index contributed by atoms with van der Waals surface area (Å²) < 4.78 is 0. The molecule has 0 atom stereocenters. The molecule has 0 saturated heterocycles. The second-order valence-electron chi connectivity index (χ2n) is 5.89. The summed E-state index contributed by atoms with van der Waals surface area (Å²) in [5, 5.41) is 4.71. The number of hydrogen-bond donors (Lipinski definition) is 1. The van der Waals surface area contributed by atoms with Crippen molar-refractivity contribution >= 4 is 17.0 Å². The number of hydrogen-bond acceptors (Lipinski definition) is 2. The lowest BCUT2D eigenvalue weighted by Gasteiger charge is -2.09. The largest absolute Gasteiger partial charge is 0.313 e. The summed E-state index contributed by atoms with van der Waals surface area (Å²) in [6, 6.07) is 10.5. The number of nitrogens with zero attached hydrogens (tertiary/aromatic N) is 1. The predicted octanol–water partition coefficient (Wildman–Crippen LogP) is 4.19. The molecule has 1 aromatic carbocycles. The van der Waals surface area contributed by atoms with Gasteiger partial charge in [-0.05, 0) is 44.0 Å². The van der Waals surface area contributed by atoms with E-state index in [1.807, 2.05) is 6.07 Å². The number of rotatable bonds is 5. The van der Waals surface area contributed by atoms with E-state index in [0.717, 1.165) is 24.3 Å². The molecular weight excluding hydrogens is 244 g/mol. The van der Waals surface area contributed by atoms with Crippen molar-refractivity contribution in [3.8, 4) is 0 Å². The molecule has 2 nitrogen and oxygen atoms in total. The van der Waals surface area contributed by atoms with E-state index in [9.17, 15) is 0 Å². The number of nitrogens with one attached hydrogen (secondary N) is 1. The average Bonchev–Trinajstić information content (AvgIpc) is 2.38. The Labute approximate surface area is 121 Å².